The first-order valence-electron chi connectivity index (χ1n) is 10.7. The quantitative estimate of drug-likeness (QED) is 0.237. The van der Waals surface area contributed by atoms with E-state index in [0.29, 0.717) is 11.1 Å². The number of carbonyl (C=O) groups is 2. The van der Waals surface area contributed by atoms with Crippen LogP contribution in [0.15, 0.2) is 54.1 Å². The molecule has 35 heavy (non-hydrogen) atoms. The predicted octanol–water partition coefficient (Wildman–Crippen LogP) is -0.0468. The van der Waals surface area contributed by atoms with E-state index in [9.17, 15) is 40.2 Å². The van der Waals surface area contributed by atoms with E-state index in [1.54, 1.807) is 0 Å². The summed E-state index contributed by atoms with van der Waals surface area (Å²) in [4.78, 5) is 24.5. The van der Waals surface area contributed by atoms with Gasteiger partial charge in [0.05, 0.1) is 12.2 Å². The zero-order valence-electron chi connectivity index (χ0n) is 18.2. The van der Waals surface area contributed by atoms with Gasteiger partial charge in [0.2, 0.25) is 6.29 Å². The Morgan fingerprint density at radius 1 is 0.971 bits per heavy atom. The molecule has 186 valence electrons. The van der Waals surface area contributed by atoms with Gasteiger partial charge in [-0.05, 0) is 41.5 Å². The van der Waals surface area contributed by atoms with Crippen molar-refractivity contribution in [2.75, 3.05) is 6.61 Å². The van der Waals surface area contributed by atoms with Crippen LogP contribution < -0.4 is 4.74 Å². The number of carboxylic acids is 1. The summed E-state index contributed by atoms with van der Waals surface area (Å²) in [5, 5.41) is 58.4. The molecule has 0 unspecified atom stereocenters. The first kappa shape index (κ1) is 24.6. The lowest BCUT2D eigenvalue weighted by atomic mass is 9.90. The number of aromatic hydroxyl groups is 1. The molecule has 0 radical (unpaired) electrons. The van der Waals surface area contributed by atoms with E-state index in [1.165, 1.54) is 54.6 Å². The van der Waals surface area contributed by atoms with Gasteiger partial charge < -0.3 is 44.8 Å². The molecule has 0 saturated carbocycles. The maximum Gasteiger partial charge on any atom is 0.335 e. The van der Waals surface area contributed by atoms with Crippen LogP contribution >= 0.6 is 0 Å². The molecule has 4 rings (SSSR count). The molecule has 2 aromatic rings. The second-order valence-electron chi connectivity index (χ2n) is 8.22. The SMILES string of the molecule is O=C1O[C@H](c2ccc(O[C@H]3O[C@@H](CO)[C@H](O)[C@@H](O)[C@@H]3O)cc2)[C@@H](C(=O)O)/C1=C/c1ccc(O)cc1. The first-order valence-corrected chi connectivity index (χ1v) is 10.7. The van der Waals surface area contributed by atoms with Gasteiger partial charge in [-0.25, -0.2) is 4.79 Å². The third-order valence-corrected chi connectivity index (χ3v) is 5.90. The number of phenolic OH excluding ortho intramolecular Hbond substituents is 1. The molecule has 0 amide bonds. The summed E-state index contributed by atoms with van der Waals surface area (Å²) >= 11 is 0. The molecular formula is C24H24O11. The second kappa shape index (κ2) is 10.0. The van der Waals surface area contributed by atoms with E-state index in [2.05, 4.69) is 0 Å². The largest absolute Gasteiger partial charge is 0.508 e. The lowest BCUT2D eigenvalue weighted by molar-refractivity contribution is -0.277. The number of carbonyl (C=O) groups excluding carboxylic acids is 1. The summed E-state index contributed by atoms with van der Waals surface area (Å²) in [6.45, 7) is -0.604. The Morgan fingerprint density at radius 2 is 1.63 bits per heavy atom. The third-order valence-electron chi connectivity index (χ3n) is 5.90. The van der Waals surface area contributed by atoms with Crippen molar-refractivity contribution < 1.29 is 54.4 Å². The number of benzene rings is 2. The number of cyclic esters (lactones) is 1. The third kappa shape index (κ3) is 4.99. The molecule has 7 atom stereocenters. The molecule has 0 bridgehead atoms. The van der Waals surface area contributed by atoms with Crippen LogP contribution in [0.2, 0.25) is 0 Å². The zero-order valence-corrected chi connectivity index (χ0v) is 18.2. The Bertz CT molecular complexity index is 1090. The lowest BCUT2D eigenvalue weighted by Gasteiger charge is -2.39. The Morgan fingerprint density at radius 3 is 2.23 bits per heavy atom. The predicted molar refractivity (Wildman–Crippen MR) is 117 cm³/mol. The molecular weight excluding hydrogens is 464 g/mol. The minimum atomic E-state index is -1.60. The van der Waals surface area contributed by atoms with Gasteiger partial charge in [-0.3, -0.25) is 4.79 Å². The van der Waals surface area contributed by atoms with Gasteiger partial charge in [-0.15, -0.1) is 0 Å². The number of rotatable bonds is 6. The Labute approximate surface area is 199 Å². The number of hydrogen-bond donors (Lipinski definition) is 6. The van der Waals surface area contributed by atoms with Crippen molar-refractivity contribution in [3.05, 3.63) is 65.2 Å². The van der Waals surface area contributed by atoms with Gasteiger partial charge in [0.1, 0.15) is 47.9 Å². The molecule has 11 heteroatoms. The van der Waals surface area contributed by atoms with Crippen LogP contribution in [-0.2, 0) is 19.1 Å². The lowest BCUT2D eigenvalue weighted by Crippen LogP contribution is -2.60. The molecule has 0 spiro atoms. The van der Waals surface area contributed by atoms with Crippen molar-refractivity contribution in [2.45, 2.75) is 36.8 Å². The van der Waals surface area contributed by atoms with E-state index < -0.39 is 61.3 Å². The van der Waals surface area contributed by atoms with Gasteiger partial charge in [-0.2, -0.15) is 0 Å². The molecule has 2 aliphatic rings. The second-order valence-corrected chi connectivity index (χ2v) is 8.22. The topological polar surface area (TPSA) is 183 Å². The van der Waals surface area contributed by atoms with Crippen LogP contribution in [0.3, 0.4) is 0 Å². The maximum atomic E-state index is 12.5. The number of ether oxygens (including phenoxy) is 3. The van der Waals surface area contributed by atoms with Crippen LogP contribution in [0.4, 0.5) is 0 Å². The number of esters is 1. The Balaban J connectivity index is 1.53. The highest BCUT2D eigenvalue weighted by atomic mass is 16.7. The summed E-state index contributed by atoms with van der Waals surface area (Å²) in [7, 11) is 0. The molecule has 2 aliphatic heterocycles. The summed E-state index contributed by atoms with van der Waals surface area (Å²) in [6.07, 6.45) is -6.93. The molecule has 0 aromatic heterocycles. The number of aliphatic carboxylic acids is 1. The van der Waals surface area contributed by atoms with Crippen LogP contribution in [0, 0.1) is 5.92 Å². The minimum absolute atomic E-state index is 0.0276. The standard InChI is InChI=1S/C24H24O11/c25-10-16-18(27)19(28)20(29)24(34-16)33-14-7-3-12(4-8-14)21-17(22(30)31)15(23(32)35-21)9-11-1-5-13(26)6-2-11/h1-9,16-21,24-29H,10H2,(H,30,31)/b15-9-/t16-,17-,18-,19+,20-,21+,24-/m0/s1. The summed E-state index contributed by atoms with van der Waals surface area (Å²) in [5.74, 6) is -3.12. The summed E-state index contributed by atoms with van der Waals surface area (Å²) in [6, 6.07) is 11.7. The van der Waals surface area contributed by atoms with E-state index in [-0.39, 0.29) is 17.1 Å². The van der Waals surface area contributed by atoms with Crippen molar-refractivity contribution in [2.24, 2.45) is 5.92 Å². The van der Waals surface area contributed by atoms with Crippen LogP contribution in [-0.4, -0.2) is 79.9 Å². The highest BCUT2D eigenvalue weighted by Crippen LogP contribution is 2.40. The first-order chi connectivity index (χ1) is 16.7. The fourth-order valence-corrected chi connectivity index (χ4v) is 4.00. The zero-order chi connectivity index (χ0) is 25.3. The van der Waals surface area contributed by atoms with Crippen molar-refractivity contribution in [3.8, 4) is 11.5 Å². The van der Waals surface area contributed by atoms with Crippen molar-refractivity contribution in [1.29, 1.82) is 0 Å². The molecule has 2 saturated heterocycles. The molecule has 6 N–H and O–H groups in total. The number of aliphatic hydroxyl groups excluding tert-OH is 4. The number of carboxylic acid groups (broad SMARTS) is 1. The molecule has 2 heterocycles. The Kier molecular flexibility index (Phi) is 7.05. The van der Waals surface area contributed by atoms with Crippen molar-refractivity contribution in [3.63, 3.8) is 0 Å². The van der Waals surface area contributed by atoms with Crippen LogP contribution in [0.1, 0.15) is 17.2 Å². The number of phenols is 1. The number of aliphatic hydroxyl groups is 4. The molecule has 2 fully saturated rings. The van der Waals surface area contributed by atoms with Gasteiger partial charge in [-0.1, -0.05) is 24.3 Å². The fourth-order valence-electron chi connectivity index (χ4n) is 4.00. The number of hydrogen-bond acceptors (Lipinski definition) is 10. The fraction of sp³-hybridized carbons (Fsp3) is 0.333. The smallest absolute Gasteiger partial charge is 0.335 e. The van der Waals surface area contributed by atoms with Gasteiger partial charge in [0.25, 0.3) is 0 Å². The average Bonchev–Trinajstić information content (AvgIpc) is 3.17. The summed E-state index contributed by atoms with van der Waals surface area (Å²) < 4.78 is 16.2. The minimum Gasteiger partial charge on any atom is -0.508 e. The van der Waals surface area contributed by atoms with Gasteiger partial charge in [0, 0.05) is 0 Å². The van der Waals surface area contributed by atoms with Crippen LogP contribution in [0.25, 0.3) is 6.08 Å². The van der Waals surface area contributed by atoms with Crippen molar-refractivity contribution in [1.82, 2.24) is 0 Å². The van der Waals surface area contributed by atoms with E-state index >= 15 is 0 Å². The molecule has 0 aliphatic carbocycles. The highest BCUT2D eigenvalue weighted by Gasteiger charge is 2.46. The highest BCUT2D eigenvalue weighted by molar-refractivity contribution is 6.02. The molecule has 2 aromatic carbocycles. The molecule has 11 nitrogen and oxygen atoms in total. The van der Waals surface area contributed by atoms with Crippen LogP contribution in [0.5, 0.6) is 11.5 Å². The van der Waals surface area contributed by atoms with E-state index in [1.807, 2.05) is 0 Å². The Hall–Kier alpha value is -3.48. The maximum absolute atomic E-state index is 12.5. The summed E-state index contributed by atoms with van der Waals surface area (Å²) in [5.41, 5.74) is 0.848. The van der Waals surface area contributed by atoms with Gasteiger partial charge >= 0.3 is 11.9 Å². The normalized spacial score (nSPS) is 31.8. The monoisotopic (exact) mass is 488 g/mol. The van der Waals surface area contributed by atoms with E-state index in [4.69, 9.17) is 14.2 Å². The van der Waals surface area contributed by atoms with E-state index in [0.717, 1.165) is 0 Å². The van der Waals surface area contributed by atoms with Crippen molar-refractivity contribution >= 4 is 18.0 Å². The van der Waals surface area contributed by atoms with Gasteiger partial charge in [0.15, 0.2) is 0 Å². The average molecular weight is 488 g/mol.